The lowest BCUT2D eigenvalue weighted by atomic mass is 9.48. The van der Waals surface area contributed by atoms with Crippen LogP contribution in [0, 0.1) is 35.0 Å². The van der Waals surface area contributed by atoms with Gasteiger partial charge in [-0.2, -0.15) is 0 Å². The van der Waals surface area contributed by atoms with E-state index in [0.29, 0.717) is 41.8 Å². The maximum atomic E-state index is 12.1. The van der Waals surface area contributed by atoms with Gasteiger partial charge in [-0.3, -0.25) is 4.79 Å². The predicted molar refractivity (Wildman–Crippen MR) is 151 cm³/mol. The molecule has 0 saturated heterocycles. The second kappa shape index (κ2) is 14.3. The Balaban J connectivity index is 1.34. The molecule has 0 aromatic carbocycles. The maximum Gasteiger partial charge on any atom is 0.505 e. The van der Waals surface area contributed by atoms with Gasteiger partial charge in [0.15, 0.2) is 5.78 Å². The van der Waals surface area contributed by atoms with E-state index in [2.05, 4.69) is 13.8 Å². The Morgan fingerprint density at radius 1 is 0.947 bits per heavy atom. The van der Waals surface area contributed by atoms with Crippen molar-refractivity contribution in [2.45, 2.75) is 136 Å². The van der Waals surface area contributed by atoms with Crippen LogP contribution in [0.5, 0.6) is 0 Å². The number of hydrogen-bond donors (Lipinski definition) is 1. The molecule has 0 bridgehead atoms. The molecule has 0 spiro atoms. The van der Waals surface area contributed by atoms with E-state index in [1.165, 1.54) is 63.4 Å². The van der Waals surface area contributed by atoms with Crippen LogP contribution in [-0.4, -0.2) is 36.4 Å². The molecule has 4 aliphatic rings. The third-order valence-corrected chi connectivity index (χ3v) is 10.9. The van der Waals surface area contributed by atoms with Crippen molar-refractivity contribution < 1.29 is 24.2 Å². The zero-order valence-corrected chi connectivity index (χ0v) is 24.3. The molecule has 0 aromatic heterocycles. The van der Waals surface area contributed by atoms with Gasteiger partial charge in [-0.15, -0.1) is 0 Å². The number of unbranched alkanes of at least 4 members (excludes halogenated alkanes) is 9. The standard InChI is InChI=1S/C33H54O5/c1-3-5-6-7-8-9-10-11-12-13-20-37-30-19-18-29-28-16-14-25-21-26(34)15-17-27(25)31(28)24(4-2)22-33(29,30)23-38-32(35)36/h21,24,27-31H,3-20,22-23H2,1-2H3,(H,35,36)/t24-,27-,28-,29-,30-,31+,33+/m0/s1. The quantitative estimate of drug-likeness (QED) is 0.169. The molecule has 0 radical (unpaired) electrons. The summed E-state index contributed by atoms with van der Waals surface area (Å²) in [5.41, 5.74) is 1.21. The fourth-order valence-corrected chi connectivity index (χ4v) is 9.17. The summed E-state index contributed by atoms with van der Waals surface area (Å²) in [7, 11) is 0. The molecule has 5 nitrogen and oxygen atoms in total. The lowest BCUT2D eigenvalue weighted by Gasteiger charge is -2.57. The van der Waals surface area contributed by atoms with Crippen molar-refractivity contribution in [3.05, 3.63) is 11.6 Å². The van der Waals surface area contributed by atoms with Gasteiger partial charge in [0.2, 0.25) is 0 Å². The lowest BCUT2D eigenvalue weighted by molar-refractivity contribution is -0.141. The predicted octanol–water partition coefficient (Wildman–Crippen LogP) is 8.75. The van der Waals surface area contributed by atoms with E-state index < -0.39 is 6.16 Å². The zero-order chi connectivity index (χ0) is 27.0. The van der Waals surface area contributed by atoms with Crippen LogP contribution < -0.4 is 0 Å². The van der Waals surface area contributed by atoms with E-state index in [-0.39, 0.29) is 18.1 Å². The third-order valence-electron chi connectivity index (χ3n) is 10.9. The van der Waals surface area contributed by atoms with Crippen molar-refractivity contribution in [1.82, 2.24) is 0 Å². The van der Waals surface area contributed by atoms with E-state index >= 15 is 0 Å². The number of ketones is 1. The van der Waals surface area contributed by atoms with Gasteiger partial charge < -0.3 is 14.6 Å². The summed E-state index contributed by atoms with van der Waals surface area (Å²) < 4.78 is 12.0. The van der Waals surface area contributed by atoms with E-state index in [9.17, 15) is 14.7 Å². The molecule has 0 aromatic rings. The topological polar surface area (TPSA) is 72.8 Å². The van der Waals surface area contributed by atoms with Crippen LogP contribution in [0.15, 0.2) is 11.6 Å². The Bertz CT molecular complexity index is 805. The number of carboxylic acid groups (broad SMARTS) is 1. The van der Waals surface area contributed by atoms with Crippen molar-refractivity contribution in [3.63, 3.8) is 0 Å². The van der Waals surface area contributed by atoms with Crippen LogP contribution in [0.4, 0.5) is 4.79 Å². The minimum Gasteiger partial charge on any atom is -0.450 e. The molecule has 4 rings (SSSR count). The van der Waals surface area contributed by atoms with Crippen LogP contribution in [0.3, 0.4) is 0 Å². The largest absolute Gasteiger partial charge is 0.505 e. The highest BCUT2D eigenvalue weighted by atomic mass is 16.7. The zero-order valence-electron chi connectivity index (χ0n) is 24.3. The third kappa shape index (κ3) is 6.85. The van der Waals surface area contributed by atoms with Gasteiger partial charge in [0, 0.05) is 18.4 Å². The van der Waals surface area contributed by atoms with E-state index in [4.69, 9.17) is 9.47 Å². The number of hydrogen-bond acceptors (Lipinski definition) is 4. The van der Waals surface area contributed by atoms with Crippen LogP contribution in [0.2, 0.25) is 0 Å². The van der Waals surface area contributed by atoms with Gasteiger partial charge in [-0.05, 0) is 80.6 Å². The number of fused-ring (bicyclic) bond motifs is 5. The van der Waals surface area contributed by atoms with Gasteiger partial charge in [0.1, 0.15) is 6.61 Å². The van der Waals surface area contributed by atoms with Gasteiger partial charge in [0.25, 0.3) is 0 Å². The molecule has 0 heterocycles. The Morgan fingerprint density at radius 3 is 2.34 bits per heavy atom. The summed E-state index contributed by atoms with van der Waals surface area (Å²) in [5, 5.41) is 9.46. The molecule has 0 unspecified atom stereocenters. The molecular formula is C33H54O5. The molecule has 0 aliphatic heterocycles. The second-order valence-electron chi connectivity index (χ2n) is 13.0. The summed E-state index contributed by atoms with van der Waals surface area (Å²) in [6.07, 6.45) is 22.2. The first-order chi connectivity index (χ1) is 18.5. The molecule has 4 aliphatic carbocycles. The van der Waals surface area contributed by atoms with Crippen molar-refractivity contribution in [3.8, 4) is 0 Å². The van der Waals surface area contributed by atoms with Crippen molar-refractivity contribution in [2.75, 3.05) is 13.2 Å². The summed E-state index contributed by atoms with van der Waals surface area (Å²) in [4.78, 5) is 23.7. The monoisotopic (exact) mass is 530 g/mol. The Morgan fingerprint density at radius 2 is 1.66 bits per heavy atom. The van der Waals surface area contributed by atoms with Crippen LogP contribution in [0.25, 0.3) is 0 Å². The molecule has 5 heteroatoms. The van der Waals surface area contributed by atoms with E-state index in [0.717, 1.165) is 58.0 Å². The minimum atomic E-state index is -1.16. The maximum absolute atomic E-state index is 12.1. The summed E-state index contributed by atoms with van der Waals surface area (Å²) in [5.74, 6) is 3.07. The molecule has 0 amide bonds. The van der Waals surface area contributed by atoms with Crippen LogP contribution in [0.1, 0.15) is 129 Å². The number of carbonyl (C=O) groups is 2. The number of carbonyl (C=O) groups excluding carboxylic acids is 1. The number of ether oxygens (including phenoxy) is 2. The highest BCUT2D eigenvalue weighted by Crippen LogP contribution is 2.64. The second-order valence-corrected chi connectivity index (χ2v) is 13.0. The highest BCUT2D eigenvalue weighted by molar-refractivity contribution is 5.91. The van der Waals surface area contributed by atoms with Gasteiger partial charge >= 0.3 is 6.16 Å². The molecule has 1 N–H and O–H groups in total. The summed E-state index contributed by atoms with van der Waals surface area (Å²) in [6.45, 7) is 5.63. The SMILES string of the molecule is CCCCCCCCCCCCO[C@H]1CC[C@H]2[C@@H]3CCC4=CC(=O)CC[C@@H]4[C@H]3[C@@H](CC)C[C@]12COC(=O)O. The van der Waals surface area contributed by atoms with Crippen LogP contribution in [-0.2, 0) is 14.3 Å². The van der Waals surface area contributed by atoms with Crippen molar-refractivity contribution in [2.24, 2.45) is 35.0 Å². The van der Waals surface area contributed by atoms with Crippen molar-refractivity contribution >= 4 is 11.9 Å². The first-order valence-electron chi connectivity index (χ1n) is 16.2. The van der Waals surface area contributed by atoms with Crippen molar-refractivity contribution in [1.29, 1.82) is 0 Å². The fourth-order valence-electron chi connectivity index (χ4n) is 9.17. The Hall–Kier alpha value is -1.36. The molecule has 3 fully saturated rings. The molecular weight excluding hydrogens is 476 g/mol. The Kier molecular flexibility index (Phi) is 11.2. The first kappa shape index (κ1) is 29.6. The number of rotatable bonds is 15. The minimum absolute atomic E-state index is 0.102. The molecule has 7 atom stereocenters. The highest BCUT2D eigenvalue weighted by Gasteiger charge is 2.62. The average molecular weight is 531 g/mol. The molecule has 3 saturated carbocycles. The molecule has 38 heavy (non-hydrogen) atoms. The fraction of sp³-hybridized carbons (Fsp3) is 0.879. The normalized spacial score (nSPS) is 34.3. The Labute approximate surface area is 231 Å². The van der Waals surface area contributed by atoms with Gasteiger partial charge in [0.05, 0.1) is 6.10 Å². The molecule has 216 valence electrons. The smallest absolute Gasteiger partial charge is 0.450 e. The summed E-state index contributed by atoms with van der Waals surface area (Å²) in [6, 6.07) is 0. The summed E-state index contributed by atoms with van der Waals surface area (Å²) >= 11 is 0. The van der Waals surface area contributed by atoms with Gasteiger partial charge in [-0.25, -0.2) is 4.79 Å². The average Bonchev–Trinajstić information content (AvgIpc) is 3.28. The van der Waals surface area contributed by atoms with Crippen LogP contribution >= 0.6 is 0 Å². The number of allylic oxidation sites excluding steroid dienone is 1. The van der Waals surface area contributed by atoms with E-state index in [1.807, 2.05) is 6.08 Å². The first-order valence-corrected chi connectivity index (χ1v) is 16.2. The van der Waals surface area contributed by atoms with Gasteiger partial charge in [-0.1, -0.05) is 83.6 Å². The lowest BCUT2D eigenvalue weighted by Crippen LogP contribution is -2.55. The van der Waals surface area contributed by atoms with E-state index in [1.54, 1.807) is 0 Å².